The van der Waals surface area contributed by atoms with Gasteiger partial charge in [-0.05, 0) is 60.5 Å². The van der Waals surface area contributed by atoms with Crippen molar-refractivity contribution in [3.63, 3.8) is 0 Å². The molecule has 0 aliphatic carbocycles. The number of aromatic nitrogens is 2. The Bertz CT molecular complexity index is 1320. The highest BCUT2D eigenvalue weighted by molar-refractivity contribution is 5.96. The maximum atomic E-state index is 13.4. The quantitative estimate of drug-likeness (QED) is 0.403. The third kappa shape index (κ3) is 4.91. The number of fused-ring (bicyclic) bond motifs is 1. The molecule has 6 nitrogen and oxygen atoms in total. The Kier molecular flexibility index (Phi) is 6.51. The fourth-order valence-electron chi connectivity index (χ4n) is 4.63. The predicted molar refractivity (Wildman–Crippen MR) is 133 cm³/mol. The molecule has 5 rings (SSSR count). The van der Waals surface area contributed by atoms with Crippen LogP contribution in [0.1, 0.15) is 30.7 Å². The third-order valence-corrected chi connectivity index (χ3v) is 6.48. The molecule has 35 heavy (non-hydrogen) atoms. The van der Waals surface area contributed by atoms with Crippen LogP contribution in [0, 0.1) is 5.82 Å². The van der Waals surface area contributed by atoms with E-state index in [0.29, 0.717) is 30.9 Å². The number of imidazole rings is 1. The molecule has 1 aliphatic rings. The topological polar surface area (TPSA) is 67.6 Å². The van der Waals surface area contributed by atoms with Gasteiger partial charge in [0.1, 0.15) is 30.1 Å². The van der Waals surface area contributed by atoms with E-state index < -0.39 is 6.10 Å². The van der Waals surface area contributed by atoms with Crippen molar-refractivity contribution in [3.8, 4) is 5.75 Å². The van der Waals surface area contributed by atoms with Crippen LogP contribution in [-0.4, -0.2) is 39.8 Å². The molecular formula is C28H28FN3O3. The van der Waals surface area contributed by atoms with Crippen LogP contribution in [0.4, 0.5) is 10.1 Å². The number of hydrogen-bond donors (Lipinski definition) is 1. The Morgan fingerprint density at radius 2 is 1.83 bits per heavy atom. The summed E-state index contributed by atoms with van der Waals surface area (Å²) in [5.74, 6) is 0.967. The van der Waals surface area contributed by atoms with Gasteiger partial charge in [-0.25, -0.2) is 9.37 Å². The van der Waals surface area contributed by atoms with E-state index in [1.54, 1.807) is 17.0 Å². The number of anilines is 1. The van der Waals surface area contributed by atoms with Gasteiger partial charge < -0.3 is 19.3 Å². The van der Waals surface area contributed by atoms with E-state index in [-0.39, 0.29) is 24.2 Å². The summed E-state index contributed by atoms with van der Waals surface area (Å²) in [4.78, 5) is 19.3. The molecule has 2 atom stereocenters. The average molecular weight is 474 g/mol. The number of rotatable bonds is 8. The molecule has 1 fully saturated rings. The molecule has 1 aromatic heterocycles. The smallest absolute Gasteiger partial charge is 0.227 e. The molecule has 1 saturated heterocycles. The first-order valence-corrected chi connectivity index (χ1v) is 11.9. The lowest BCUT2D eigenvalue weighted by Gasteiger charge is -2.19. The van der Waals surface area contributed by atoms with E-state index in [4.69, 9.17) is 9.72 Å². The number of aryl methyl sites for hydroxylation is 1. The second-order valence-corrected chi connectivity index (χ2v) is 8.91. The summed E-state index contributed by atoms with van der Waals surface area (Å²) in [5.41, 5.74) is 3.62. The maximum Gasteiger partial charge on any atom is 0.227 e. The molecule has 0 unspecified atom stereocenters. The monoisotopic (exact) mass is 473 g/mol. The largest absolute Gasteiger partial charge is 0.491 e. The van der Waals surface area contributed by atoms with Crippen molar-refractivity contribution in [3.05, 3.63) is 90.0 Å². The van der Waals surface area contributed by atoms with Crippen molar-refractivity contribution in [2.75, 3.05) is 18.1 Å². The Labute approximate surface area is 203 Å². The number of benzene rings is 3. The first-order valence-electron chi connectivity index (χ1n) is 11.9. The van der Waals surface area contributed by atoms with E-state index in [1.165, 1.54) is 17.7 Å². The number of nitrogens with zero attached hydrogens (tertiary/aromatic N) is 3. The minimum Gasteiger partial charge on any atom is -0.491 e. The van der Waals surface area contributed by atoms with E-state index in [1.807, 2.05) is 53.1 Å². The van der Waals surface area contributed by atoms with E-state index in [9.17, 15) is 14.3 Å². The van der Waals surface area contributed by atoms with Gasteiger partial charge in [0.2, 0.25) is 5.91 Å². The summed E-state index contributed by atoms with van der Waals surface area (Å²) in [6.07, 6.45) is 0.501. The van der Waals surface area contributed by atoms with Crippen LogP contribution in [0.15, 0.2) is 72.8 Å². The molecule has 1 amide bonds. The van der Waals surface area contributed by atoms with Crippen LogP contribution >= 0.6 is 0 Å². The number of halogens is 1. The van der Waals surface area contributed by atoms with Gasteiger partial charge in [0.15, 0.2) is 0 Å². The van der Waals surface area contributed by atoms with Gasteiger partial charge in [-0.1, -0.05) is 31.2 Å². The number of aliphatic hydroxyl groups excluding tert-OH is 1. The van der Waals surface area contributed by atoms with Gasteiger partial charge >= 0.3 is 0 Å². The number of amides is 1. The van der Waals surface area contributed by atoms with E-state index in [0.717, 1.165) is 23.3 Å². The van der Waals surface area contributed by atoms with Crippen molar-refractivity contribution in [1.82, 2.24) is 9.55 Å². The van der Waals surface area contributed by atoms with Crippen LogP contribution < -0.4 is 9.64 Å². The van der Waals surface area contributed by atoms with E-state index >= 15 is 0 Å². The summed E-state index contributed by atoms with van der Waals surface area (Å²) in [7, 11) is 0. The number of ether oxygens (including phenoxy) is 1. The SMILES string of the molecule is CCc1ccc(OC[C@H](O)Cn2c([C@H]3CC(=O)N(c4ccc(F)cc4)C3)nc3ccccc32)cc1. The summed E-state index contributed by atoms with van der Waals surface area (Å²) >= 11 is 0. The minimum atomic E-state index is -0.762. The molecule has 0 spiro atoms. The fraction of sp³-hybridized carbons (Fsp3) is 0.286. The number of aliphatic hydroxyl groups is 1. The second-order valence-electron chi connectivity index (χ2n) is 8.91. The van der Waals surface area contributed by atoms with Crippen molar-refractivity contribution in [2.24, 2.45) is 0 Å². The molecule has 4 aromatic rings. The summed E-state index contributed by atoms with van der Waals surface area (Å²) in [6.45, 7) is 2.99. The van der Waals surface area contributed by atoms with Crippen LogP contribution in [0.25, 0.3) is 11.0 Å². The summed E-state index contributed by atoms with van der Waals surface area (Å²) in [5, 5.41) is 10.8. The molecule has 180 valence electrons. The van der Waals surface area contributed by atoms with Crippen molar-refractivity contribution < 1.29 is 19.0 Å². The Balaban J connectivity index is 1.35. The van der Waals surface area contributed by atoms with Crippen LogP contribution in [0.5, 0.6) is 5.75 Å². The molecular weight excluding hydrogens is 445 g/mol. The zero-order valence-electron chi connectivity index (χ0n) is 19.6. The average Bonchev–Trinajstić information content (AvgIpc) is 3.44. The van der Waals surface area contributed by atoms with Crippen molar-refractivity contribution >= 4 is 22.6 Å². The lowest BCUT2D eigenvalue weighted by molar-refractivity contribution is -0.117. The zero-order valence-corrected chi connectivity index (χ0v) is 19.6. The predicted octanol–water partition coefficient (Wildman–Crippen LogP) is 4.70. The number of hydrogen-bond acceptors (Lipinski definition) is 4. The highest BCUT2D eigenvalue weighted by Crippen LogP contribution is 2.33. The molecule has 0 saturated carbocycles. The second kappa shape index (κ2) is 9.88. The number of para-hydroxylation sites is 2. The van der Waals surface area contributed by atoms with Crippen molar-refractivity contribution in [2.45, 2.75) is 38.3 Å². The normalized spacial score (nSPS) is 16.7. The molecule has 2 heterocycles. The van der Waals surface area contributed by atoms with Gasteiger partial charge in [-0.15, -0.1) is 0 Å². The van der Waals surface area contributed by atoms with Gasteiger partial charge in [0, 0.05) is 24.6 Å². The van der Waals surface area contributed by atoms with Crippen molar-refractivity contribution in [1.29, 1.82) is 0 Å². The van der Waals surface area contributed by atoms with Gasteiger partial charge in [0.25, 0.3) is 0 Å². The maximum absolute atomic E-state index is 13.4. The highest BCUT2D eigenvalue weighted by Gasteiger charge is 2.35. The first kappa shape index (κ1) is 23.1. The molecule has 1 aliphatic heterocycles. The van der Waals surface area contributed by atoms with Gasteiger partial charge in [-0.2, -0.15) is 0 Å². The lowest BCUT2D eigenvalue weighted by atomic mass is 10.1. The van der Waals surface area contributed by atoms with Gasteiger partial charge in [0.05, 0.1) is 17.6 Å². The third-order valence-electron chi connectivity index (χ3n) is 6.48. The molecule has 1 N–H and O–H groups in total. The minimum absolute atomic E-state index is 0.0281. The lowest BCUT2D eigenvalue weighted by Crippen LogP contribution is -2.26. The Morgan fingerprint density at radius 3 is 2.57 bits per heavy atom. The standard InChI is InChI=1S/C28H28FN3O3/c1-2-19-7-13-24(14-8-19)35-18-23(33)17-32-26-6-4-3-5-25(26)30-28(32)20-15-27(34)31(16-20)22-11-9-21(29)10-12-22/h3-14,20,23,33H,2,15-18H2,1H3/t20-,23+/m0/s1. The summed E-state index contributed by atoms with van der Waals surface area (Å²) < 4.78 is 21.2. The van der Waals surface area contributed by atoms with Crippen LogP contribution in [-0.2, 0) is 17.8 Å². The van der Waals surface area contributed by atoms with Gasteiger partial charge in [-0.3, -0.25) is 4.79 Å². The first-order chi connectivity index (χ1) is 17.0. The zero-order chi connectivity index (χ0) is 24.4. The fourth-order valence-corrected chi connectivity index (χ4v) is 4.63. The van der Waals surface area contributed by atoms with Crippen LogP contribution in [0.2, 0.25) is 0 Å². The highest BCUT2D eigenvalue weighted by atomic mass is 19.1. The Hall–Kier alpha value is -3.71. The molecule has 0 radical (unpaired) electrons. The summed E-state index contributed by atoms with van der Waals surface area (Å²) in [6, 6.07) is 21.6. The van der Waals surface area contributed by atoms with E-state index in [2.05, 4.69) is 6.92 Å². The Morgan fingerprint density at radius 1 is 1.09 bits per heavy atom. The number of carbonyl (C=O) groups is 1. The number of carbonyl (C=O) groups excluding carboxylic acids is 1. The van der Waals surface area contributed by atoms with Crippen LogP contribution in [0.3, 0.4) is 0 Å². The molecule has 3 aromatic carbocycles. The molecule has 0 bridgehead atoms. The molecule has 7 heteroatoms.